The Hall–Kier alpha value is -2.67. The summed E-state index contributed by atoms with van der Waals surface area (Å²) >= 11 is 0. The van der Waals surface area contributed by atoms with E-state index in [1.165, 1.54) is 19.9 Å². The molecule has 1 aliphatic heterocycles. The number of amides is 1. The summed E-state index contributed by atoms with van der Waals surface area (Å²) in [5, 5.41) is 10.4. The van der Waals surface area contributed by atoms with Crippen LogP contribution in [0.3, 0.4) is 0 Å². The van der Waals surface area contributed by atoms with Crippen molar-refractivity contribution in [2.24, 2.45) is 0 Å². The summed E-state index contributed by atoms with van der Waals surface area (Å²) in [6.45, 7) is 5.54. The van der Waals surface area contributed by atoms with Crippen LogP contribution in [0.2, 0.25) is 0 Å². The summed E-state index contributed by atoms with van der Waals surface area (Å²) in [6, 6.07) is 2.05. The van der Waals surface area contributed by atoms with Crippen LogP contribution in [-0.4, -0.2) is 63.9 Å². The zero-order chi connectivity index (χ0) is 18.0. The van der Waals surface area contributed by atoms with Gasteiger partial charge in [-0.05, 0) is 32.1 Å². The quantitative estimate of drug-likeness (QED) is 0.815. The van der Waals surface area contributed by atoms with Crippen molar-refractivity contribution in [3.05, 3.63) is 30.1 Å². The molecule has 0 aliphatic carbocycles. The van der Waals surface area contributed by atoms with E-state index in [1.54, 1.807) is 11.0 Å². The maximum atomic E-state index is 11.9. The molecule has 3 rings (SSSR count). The minimum Gasteiger partial charge on any atom is -0.384 e. The summed E-state index contributed by atoms with van der Waals surface area (Å²) in [5.74, 6) is -0.229. The van der Waals surface area contributed by atoms with Gasteiger partial charge in [0.15, 0.2) is 5.78 Å². The van der Waals surface area contributed by atoms with Crippen molar-refractivity contribution < 1.29 is 14.7 Å². The number of pyridine rings is 1. The van der Waals surface area contributed by atoms with E-state index in [0.29, 0.717) is 26.2 Å². The topological polar surface area (TPSA) is 89.5 Å². The number of hydrogen-bond acceptors (Lipinski definition) is 5. The number of allylic oxidation sites excluding steroid dienone is 1. The number of fused-ring (bicyclic) bond motifs is 1. The highest BCUT2D eigenvalue weighted by Crippen LogP contribution is 2.24. The highest BCUT2D eigenvalue weighted by Gasteiger charge is 2.24. The Morgan fingerprint density at radius 1 is 1.32 bits per heavy atom. The lowest BCUT2D eigenvalue weighted by Gasteiger charge is -2.36. The Kier molecular flexibility index (Phi) is 4.85. The van der Waals surface area contributed by atoms with Crippen LogP contribution in [0.15, 0.2) is 24.5 Å². The molecule has 1 saturated heterocycles. The molecule has 1 amide bonds. The Bertz CT molecular complexity index is 817. The van der Waals surface area contributed by atoms with Crippen molar-refractivity contribution in [3.8, 4) is 0 Å². The molecule has 0 saturated carbocycles. The van der Waals surface area contributed by atoms with Crippen LogP contribution in [0, 0.1) is 0 Å². The van der Waals surface area contributed by atoms with Gasteiger partial charge in [-0.2, -0.15) is 0 Å². The van der Waals surface area contributed by atoms with Crippen LogP contribution in [0.1, 0.15) is 19.4 Å². The molecule has 2 aromatic rings. The summed E-state index contributed by atoms with van der Waals surface area (Å²) in [4.78, 5) is 34.4. The second-order valence-corrected chi connectivity index (χ2v) is 6.27. The highest BCUT2D eigenvalue weighted by molar-refractivity contribution is 5.96. The summed E-state index contributed by atoms with van der Waals surface area (Å²) < 4.78 is 0. The van der Waals surface area contributed by atoms with E-state index in [-0.39, 0.29) is 11.7 Å². The minimum absolute atomic E-state index is 0.00244. The highest BCUT2D eigenvalue weighted by atomic mass is 16.3. The molecule has 1 atom stereocenters. The monoisotopic (exact) mass is 342 g/mol. The fourth-order valence-electron chi connectivity index (χ4n) is 2.98. The van der Waals surface area contributed by atoms with Gasteiger partial charge in [-0.25, -0.2) is 4.98 Å². The molecule has 7 heteroatoms. The molecule has 1 fully saturated rings. The average molecular weight is 342 g/mol. The molecular weight excluding hydrogens is 320 g/mol. The van der Waals surface area contributed by atoms with Gasteiger partial charge in [-0.3, -0.25) is 9.59 Å². The largest absolute Gasteiger partial charge is 0.384 e. The zero-order valence-corrected chi connectivity index (χ0v) is 14.4. The summed E-state index contributed by atoms with van der Waals surface area (Å²) in [7, 11) is 0. The van der Waals surface area contributed by atoms with Crippen molar-refractivity contribution in [2.45, 2.75) is 20.0 Å². The minimum atomic E-state index is -0.958. The fraction of sp³-hybridized carbons (Fsp3) is 0.389. The van der Waals surface area contributed by atoms with Gasteiger partial charge in [0.2, 0.25) is 0 Å². The van der Waals surface area contributed by atoms with E-state index in [2.05, 4.69) is 14.9 Å². The molecular formula is C18H22N4O3. The molecule has 2 aromatic heterocycles. The van der Waals surface area contributed by atoms with Crippen molar-refractivity contribution >= 4 is 34.5 Å². The molecule has 0 aromatic carbocycles. The van der Waals surface area contributed by atoms with Crippen LogP contribution in [0.5, 0.6) is 0 Å². The van der Waals surface area contributed by atoms with Gasteiger partial charge in [0, 0.05) is 43.3 Å². The van der Waals surface area contributed by atoms with Gasteiger partial charge < -0.3 is 19.9 Å². The normalized spacial score (nSPS) is 16.6. The number of nitrogens with one attached hydrogen (secondary N) is 1. The number of H-pyrrole nitrogens is 1. The van der Waals surface area contributed by atoms with Crippen molar-refractivity contribution in [1.82, 2.24) is 14.9 Å². The number of aliphatic hydroxyl groups excluding tert-OH is 1. The molecule has 1 aliphatic rings. The number of anilines is 1. The molecule has 3 heterocycles. The average Bonchev–Trinajstić information content (AvgIpc) is 3.01. The van der Waals surface area contributed by atoms with E-state index in [9.17, 15) is 14.7 Å². The van der Waals surface area contributed by atoms with Crippen molar-refractivity contribution in [2.75, 3.05) is 31.1 Å². The van der Waals surface area contributed by atoms with E-state index >= 15 is 0 Å². The molecule has 0 bridgehead atoms. The number of carbonyl (C=O) groups excluding carboxylic acids is 2. The molecule has 25 heavy (non-hydrogen) atoms. The standard InChI is InChI=1S/C18H22N4O3/c1-12(23)3-4-14-10-19-17-16(14)9-15(11-20-17)21-5-7-22(8-6-21)18(25)13(2)24/h3-4,9-11,13,24H,5-8H2,1-2H3,(H,19,20)/b4-3+/t13-/m0/s1. The maximum absolute atomic E-state index is 11.9. The van der Waals surface area contributed by atoms with Gasteiger partial charge in [0.25, 0.3) is 5.91 Å². The second kappa shape index (κ2) is 7.06. The molecule has 2 N–H and O–H groups in total. The first-order valence-corrected chi connectivity index (χ1v) is 8.33. The lowest BCUT2D eigenvalue weighted by Crippen LogP contribution is -2.51. The SMILES string of the molecule is CC(=O)/C=C/c1c[nH]c2ncc(N3CCN(C(=O)[C@H](C)O)CC3)cc12. The second-order valence-electron chi connectivity index (χ2n) is 6.27. The Morgan fingerprint density at radius 3 is 2.68 bits per heavy atom. The van der Waals surface area contributed by atoms with E-state index < -0.39 is 6.10 Å². The predicted molar refractivity (Wildman–Crippen MR) is 96.3 cm³/mol. The van der Waals surface area contributed by atoms with Gasteiger partial charge in [-0.1, -0.05) is 0 Å². The molecule has 0 radical (unpaired) electrons. The number of aliphatic hydroxyl groups is 1. The number of hydrogen-bond donors (Lipinski definition) is 2. The van der Waals surface area contributed by atoms with Crippen molar-refractivity contribution in [3.63, 3.8) is 0 Å². The van der Waals surface area contributed by atoms with Crippen LogP contribution >= 0.6 is 0 Å². The molecule has 0 spiro atoms. The first-order chi connectivity index (χ1) is 12.0. The lowest BCUT2D eigenvalue weighted by atomic mass is 10.1. The Labute approximate surface area is 145 Å². The van der Waals surface area contributed by atoms with Gasteiger partial charge in [-0.15, -0.1) is 0 Å². The Morgan fingerprint density at radius 2 is 2.04 bits per heavy atom. The predicted octanol–water partition coefficient (Wildman–Crippen LogP) is 1.19. The third kappa shape index (κ3) is 3.71. The Balaban J connectivity index is 1.77. The third-order valence-corrected chi connectivity index (χ3v) is 4.36. The van der Waals surface area contributed by atoms with Gasteiger partial charge >= 0.3 is 0 Å². The molecule has 0 unspecified atom stereocenters. The molecule has 132 valence electrons. The van der Waals surface area contributed by atoms with E-state index in [4.69, 9.17) is 0 Å². The summed E-state index contributed by atoms with van der Waals surface area (Å²) in [6.07, 6.45) is 6.01. The number of ketones is 1. The maximum Gasteiger partial charge on any atom is 0.251 e. The number of aromatic amines is 1. The number of aromatic nitrogens is 2. The number of rotatable bonds is 4. The number of nitrogens with zero attached hydrogens (tertiary/aromatic N) is 3. The van der Waals surface area contributed by atoms with E-state index in [1.807, 2.05) is 18.5 Å². The van der Waals surface area contributed by atoms with Crippen LogP contribution in [0.4, 0.5) is 5.69 Å². The first kappa shape index (κ1) is 17.2. The molecule has 7 nitrogen and oxygen atoms in total. The third-order valence-electron chi connectivity index (χ3n) is 4.36. The number of carbonyl (C=O) groups is 2. The van der Waals surface area contributed by atoms with Crippen molar-refractivity contribution in [1.29, 1.82) is 0 Å². The smallest absolute Gasteiger partial charge is 0.251 e. The van der Waals surface area contributed by atoms with Gasteiger partial charge in [0.1, 0.15) is 11.8 Å². The van der Waals surface area contributed by atoms with Gasteiger partial charge in [0.05, 0.1) is 11.9 Å². The van der Waals surface area contributed by atoms with Crippen LogP contribution < -0.4 is 4.90 Å². The number of piperazine rings is 1. The first-order valence-electron chi connectivity index (χ1n) is 8.33. The fourth-order valence-corrected chi connectivity index (χ4v) is 2.98. The van der Waals surface area contributed by atoms with Crippen LogP contribution in [0.25, 0.3) is 17.1 Å². The van der Waals surface area contributed by atoms with Crippen LogP contribution in [-0.2, 0) is 9.59 Å². The zero-order valence-electron chi connectivity index (χ0n) is 14.4. The lowest BCUT2D eigenvalue weighted by molar-refractivity contribution is -0.139. The summed E-state index contributed by atoms with van der Waals surface area (Å²) in [5.41, 5.74) is 2.67. The van der Waals surface area contributed by atoms with E-state index in [0.717, 1.165) is 22.3 Å².